The molecule has 0 radical (unpaired) electrons. The summed E-state index contributed by atoms with van der Waals surface area (Å²) in [5, 5.41) is 5.97. The molecule has 0 saturated carbocycles. The molecule has 0 spiro atoms. The molecule has 1 amide bonds. The molecule has 0 aromatic carbocycles. The molecule has 0 saturated heterocycles. The van der Waals surface area contributed by atoms with E-state index in [0.717, 1.165) is 50.2 Å². The molecule has 2 N–H and O–H groups in total. The number of carbonyl (C=O) groups is 1. The van der Waals surface area contributed by atoms with Gasteiger partial charge in [0.1, 0.15) is 5.82 Å². The number of carbonyl (C=O) groups excluding carboxylic acids is 1. The molecule has 106 valence electrons. The highest BCUT2D eigenvalue weighted by Crippen LogP contribution is 2.12. The first-order chi connectivity index (χ1) is 9.21. The molecule has 0 aliphatic heterocycles. The zero-order chi connectivity index (χ0) is 14.1. The molecule has 19 heavy (non-hydrogen) atoms. The van der Waals surface area contributed by atoms with Gasteiger partial charge in [-0.25, -0.2) is 4.98 Å². The van der Waals surface area contributed by atoms with Crippen molar-refractivity contribution in [1.82, 2.24) is 10.3 Å². The fourth-order valence-corrected chi connectivity index (χ4v) is 1.91. The third-order valence-electron chi connectivity index (χ3n) is 2.97. The minimum atomic E-state index is -0.00708. The molecule has 0 fully saturated rings. The summed E-state index contributed by atoms with van der Waals surface area (Å²) in [6.45, 7) is 5.01. The third kappa shape index (κ3) is 5.28. The number of rotatable bonds is 8. The maximum Gasteiger partial charge on any atom is 0.251 e. The number of pyridine rings is 1. The van der Waals surface area contributed by atoms with Crippen LogP contribution < -0.4 is 10.6 Å². The molecule has 1 aromatic heterocycles. The van der Waals surface area contributed by atoms with Gasteiger partial charge in [-0.05, 0) is 25.0 Å². The van der Waals surface area contributed by atoms with Gasteiger partial charge >= 0.3 is 0 Å². The third-order valence-corrected chi connectivity index (χ3v) is 2.97. The van der Waals surface area contributed by atoms with Crippen LogP contribution in [0.1, 0.15) is 55.6 Å². The zero-order valence-electron chi connectivity index (χ0n) is 12.3. The molecule has 1 heterocycles. The summed E-state index contributed by atoms with van der Waals surface area (Å²) in [5.41, 5.74) is 1.66. The van der Waals surface area contributed by atoms with Gasteiger partial charge in [0.15, 0.2) is 0 Å². The molecular formula is C15H25N3O. The lowest BCUT2D eigenvalue weighted by molar-refractivity contribution is 0.0953. The smallest absolute Gasteiger partial charge is 0.251 e. The van der Waals surface area contributed by atoms with Crippen LogP contribution in [0.5, 0.6) is 0 Å². The lowest BCUT2D eigenvalue weighted by atomic mass is 10.1. The van der Waals surface area contributed by atoms with E-state index >= 15 is 0 Å². The molecule has 0 bridgehead atoms. The summed E-state index contributed by atoms with van der Waals surface area (Å²) in [6.07, 6.45) is 5.27. The fourth-order valence-electron chi connectivity index (χ4n) is 1.91. The molecule has 0 aliphatic carbocycles. The number of aromatic nitrogens is 1. The van der Waals surface area contributed by atoms with Gasteiger partial charge in [0.2, 0.25) is 0 Å². The number of nitrogens with one attached hydrogen (secondary N) is 2. The van der Waals surface area contributed by atoms with Crippen LogP contribution in [0.4, 0.5) is 5.82 Å². The van der Waals surface area contributed by atoms with Gasteiger partial charge in [0.05, 0.1) is 0 Å². The summed E-state index contributed by atoms with van der Waals surface area (Å²) in [5.74, 6) is 0.747. The second kappa shape index (κ2) is 8.51. The van der Waals surface area contributed by atoms with Gasteiger partial charge < -0.3 is 10.6 Å². The summed E-state index contributed by atoms with van der Waals surface area (Å²) in [4.78, 5) is 16.5. The Hall–Kier alpha value is -1.58. The van der Waals surface area contributed by atoms with E-state index in [2.05, 4.69) is 29.5 Å². The fraction of sp³-hybridized carbons (Fsp3) is 0.600. The van der Waals surface area contributed by atoms with E-state index in [1.807, 2.05) is 13.1 Å². The summed E-state index contributed by atoms with van der Waals surface area (Å²) >= 11 is 0. The van der Waals surface area contributed by atoms with Crippen molar-refractivity contribution in [2.24, 2.45) is 0 Å². The van der Waals surface area contributed by atoms with Crippen LogP contribution in [0.15, 0.2) is 12.1 Å². The van der Waals surface area contributed by atoms with E-state index in [1.165, 1.54) is 0 Å². The van der Waals surface area contributed by atoms with E-state index in [9.17, 15) is 4.79 Å². The van der Waals surface area contributed by atoms with Crippen molar-refractivity contribution < 1.29 is 4.79 Å². The van der Waals surface area contributed by atoms with Crippen LogP contribution >= 0.6 is 0 Å². The Morgan fingerprint density at radius 3 is 2.63 bits per heavy atom. The normalized spacial score (nSPS) is 10.3. The number of hydrogen-bond donors (Lipinski definition) is 2. The lowest BCUT2D eigenvalue weighted by Crippen LogP contribution is -2.24. The monoisotopic (exact) mass is 263 g/mol. The highest BCUT2D eigenvalue weighted by atomic mass is 16.1. The van der Waals surface area contributed by atoms with Crippen LogP contribution in [0.2, 0.25) is 0 Å². The number of hydrogen-bond acceptors (Lipinski definition) is 3. The maximum absolute atomic E-state index is 12.1. The number of unbranched alkanes of at least 4 members (excludes halogenated alkanes) is 2. The van der Waals surface area contributed by atoms with E-state index in [0.29, 0.717) is 5.56 Å². The Labute approximate surface area is 116 Å². The molecule has 0 aliphatic rings. The van der Waals surface area contributed by atoms with Gasteiger partial charge in [-0.1, -0.05) is 33.1 Å². The van der Waals surface area contributed by atoms with E-state index in [1.54, 1.807) is 6.07 Å². The van der Waals surface area contributed by atoms with Crippen molar-refractivity contribution in [2.45, 2.75) is 46.0 Å². The topological polar surface area (TPSA) is 54.0 Å². The highest BCUT2D eigenvalue weighted by molar-refractivity contribution is 5.95. The van der Waals surface area contributed by atoms with Crippen LogP contribution in [0.25, 0.3) is 0 Å². The summed E-state index contributed by atoms with van der Waals surface area (Å²) in [6, 6.07) is 3.69. The first-order valence-electron chi connectivity index (χ1n) is 7.18. The molecule has 0 atom stereocenters. The quantitative estimate of drug-likeness (QED) is 0.709. The average molecular weight is 263 g/mol. The Kier molecular flexibility index (Phi) is 6.93. The first kappa shape index (κ1) is 15.5. The molecule has 1 aromatic rings. The minimum absolute atomic E-state index is 0.00708. The predicted octanol–water partition coefficient (Wildman–Crippen LogP) is 3.00. The number of nitrogens with zero attached hydrogens (tertiary/aromatic N) is 1. The van der Waals surface area contributed by atoms with E-state index < -0.39 is 0 Å². The van der Waals surface area contributed by atoms with Crippen LogP contribution in [-0.4, -0.2) is 24.5 Å². The van der Waals surface area contributed by atoms with Crippen molar-refractivity contribution in [1.29, 1.82) is 0 Å². The predicted molar refractivity (Wildman–Crippen MR) is 79.6 cm³/mol. The van der Waals surface area contributed by atoms with Gasteiger partial charge in [0.25, 0.3) is 5.91 Å². The zero-order valence-corrected chi connectivity index (χ0v) is 12.3. The Morgan fingerprint density at radius 1 is 1.21 bits per heavy atom. The number of aryl methyl sites for hydroxylation is 1. The standard InChI is InChI=1S/C15H25N3O/c1-4-6-7-9-17-15(19)12-10-13(8-5-2)18-14(11-12)16-3/h10-11H,4-9H2,1-3H3,(H,16,18)(H,17,19). The molecule has 4 heteroatoms. The number of amides is 1. The highest BCUT2D eigenvalue weighted by Gasteiger charge is 2.08. The van der Waals surface area contributed by atoms with Crippen molar-refractivity contribution >= 4 is 11.7 Å². The first-order valence-corrected chi connectivity index (χ1v) is 7.18. The van der Waals surface area contributed by atoms with Crippen molar-refractivity contribution in [3.8, 4) is 0 Å². The molecular weight excluding hydrogens is 238 g/mol. The lowest BCUT2D eigenvalue weighted by Gasteiger charge is -2.09. The molecule has 1 rings (SSSR count). The summed E-state index contributed by atoms with van der Waals surface area (Å²) < 4.78 is 0. The minimum Gasteiger partial charge on any atom is -0.373 e. The second-order valence-corrected chi connectivity index (χ2v) is 4.70. The van der Waals surface area contributed by atoms with Gasteiger partial charge in [-0.15, -0.1) is 0 Å². The second-order valence-electron chi connectivity index (χ2n) is 4.70. The van der Waals surface area contributed by atoms with Crippen molar-refractivity contribution in [3.05, 3.63) is 23.4 Å². The average Bonchev–Trinajstić information content (AvgIpc) is 2.43. The van der Waals surface area contributed by atoms with E-state index in [-0.39, 0.29) is 5.91 Å². The van der Waals surface area contributed by atoms with Crippen LogP contribution in [0, 0.1) is 0 Å². The largest absolute Gasteiger partial charge is 0.373 e. The van der Waals surface area contributed by atoms with Gasteiger partial charge in [-0.3, -0.25) is 4.79 Å². The maximum atomic E-state index is 12.1. The van der Waals surface area contributed by atoms with Gasteiger partial charge in [-0.2, -0.15) is 0 Å². The Bertz CT molecular complexity index is 404. The van der Waals surface area contributed by atoms with Crippen molar-refractivity contribution in [2.75, 3.05) is 18.9 Å². The molecule has 4 nitrogen and oxygen atoms in total. The summed E-state index contributed by atoms with van der Waals surface area (Å²) in [7, 11) is 1.82. The van der Waals surface area contributed by atoms with E-state index in [4.69, 9.17) is 0 Å². The van der Waals surface area contributed by atoms with Gasteiger partial charge in [0, 0.05) is 24.8 Å². The number of anilines is 1. The Morgan fingerprint density at radius 2 is 2.00 bits per heavy atom. The van der Waals surface area contributed by atoms with Crippen molar-refractivity contribution in [3.63, 3.8) is 0 Å². The van der Waals surface area contributed by atoms with Crippen LogP contribution in [-0.2, 0) is 6.42 Å². The molecule has 0 unspecified atom stereocenters. The SMILES string of the molecule is CCCCCNC(=O)c1cc(CCC)nc(NC)c1. The van der Waals surface area contributed by atoms with Crippen LogP contribution in [0.3, 0.4) is 0 Å². The Balaban J connectivity index is 2.69.